The molecule has 2 heterocycles. The van der Waals surface area contributed by atoms with Gasteiger partial charge in [-0.1, -0.05) is 18.2 Å². The summed E-state index contributed by atoms with van der Waals surface area (Å²) in [6.07, 6.45) is 5.89. The van der Waals surface area contributed by atoms with Gasteiger partial charge in [0.05, 0.1) is 30.1 Å². The SMILES string of the molecule is COc1ccccc1-c1cnn2cc3c(nc12)CCCC3=O. The molecule has 0 radical (unpaired) electrons. The number of nitrogens with zero attached hydrogens (tertiary/aromatic N) is 3. The lowest BCUT2D eigenvalue weighted by molar-refractivity contribution is 0.0971. The Labute approximate surface area is 127 Å². The van der Waals surface area contributed by atoms with Crippen LogP contribution < -0.4 is 4.74 Å². The first kappa shape index (κ1) is 13.0. The molecule has 110 valence electrons. The molecule has 0 saturated carbocycles. The molecule has 1 aromatic carbocycles. The maximum atomic E-state index is 12.0. The average molecular weight is 293 g/mol. The molecular weight excluding hydrogens is 278 g/mol. The second-order valence-electron chi connectivity index (χ2n) is 5.40. The average Bonchev–Trinajstić information content (AvgIpc) is 2.96. The maximum absolute atomic E-state index is 12.0. The van der Waals surface area contributed by atoms with Crippen LogP contribution in [-0.4, -0.2) is 27.5 Å². The van der Waals surface area contributed by atoms with E-state index in [1.54, 1.807) is 24.0 Å². The van der Waals surface area contributed by atoms with Crippen LogP contribution in [0.3, 0.4) is 0 Å². The van der Waals surface area contributed by atoms with Gasteiger partial charge < -0.3 is 4.74 Å². The van der Waals surface area contributed by atoms with Crippen molar-refractivity contribution in [1.82, 2.24) is 14.6 Å². The van der Waals surface area contributed by atoms with Gasteiger partial charge in [0, 0.05) is 18.2 Å². The van der Waals surface area contributed by atoms with Crippen LogP contribution in [0.25, 0.3) is 16.8 Å². The van der Waals surface area contributed by atoms with Crippen molar-refractivity contribution < 1.29 is 9.53 Å². The Bertz CT molecular complexity index is 883. The van der Waals surface area contributed by atoms with Crippen LogP contribution in [0.5, 0.6) is 5.75 Å². The lowest BCUT2D eigenvalue weighted by Gasteiger charge is -2.14. The van der Waals surface area contributed by atoms with Crippen LogP contribution in [-0.2, 0) is 6.42 Å². The van der Waals surface area contributed by atoms with E-state index in [0.29, 0.717) is 12.0 Å². The minimum atomic E-state index is 0.157. The van der Waals surface area contributed by atoms with Crippen molar-refractivity contribution in [2.24, 2.45) is 0 Å². The van der Waals surface area contributed by atoms with Gasteiger partial charge in [0.15, 0.2) is 11.4 Å². The van der Waals surface area contributed by atoms with E-state index in [-0.39, 0.29) is 5.78 Å². The van der Waals surface area contributed by atoms with E-state index in [9.17, 15) is 4.79 Å². The number of ether oxygens (including phenoxy) is 1. The maximum Gasteiger partial charge on any atom is 0.166 e. The highest BCUT2D eigenvalue weighted by atomic mass is 16.5. The summed E-state index contributed by atoms with van der Waals surface area (Å²) in [5.74, 6) is 0.943. The van der Waals surface area contributed by atoms with Crippen molar-refractivity contribution in [3.05, 3.63) is 47.9 Å². The Balaban J connectivity index is 1.95. The summed E-state index contributed by atoms with van der Waals surface area (Å²) in [5.41, 5.74) is 4.21. The molecule has 0 saturated heterocycles. The van der Waals surface area contributed by atoms with Gasteiger partial charge in [-0.3, -0.25) is 4.79 Å². The molecule has 2 aromatic heterocycles. The predicted octanol–water partition coefficient (Wildman–Crippen LogP) is 2.92. The standard InChI is InChI=1S/C17H15N3O2/c1-22-16-8-3-2-5-11(16)12-9-18-20-10-13-14(19-17(12)20)6-4-7-15(13)21/h2-3,5,8-10H,4,6-7H2,1H3. The van der Waals surface area contributed by atoms with Crippen molar-refractivity contribution in [3.8, 4) is 16.9 Å². The van der Waals surface area contributed by atoms with Crippen LogP contribution in [0, 0.1) is 0 Å². The van der Waals surface area contributed by atoms with Crippen molar-refractivity contribution in [2.75, 3.05) is 7.11 Å². The first-order valence-corrected chi connectivity index (χ1v) is 7.32. The van der Waals surface area contributed by atoms with Gasteiger partial charge in [-0.25, -0.2) is 9.50 Å². The topological polar surface area (TPSA) is 56.5 Å². The highest BCUT2D eigenvalue weighted by molar-refractivity contribution is 5.98. The molecule has 1 aliphatic carbocycles. The zero-order valence-electron chi connectivity index (χ0n) is 12.2. The Morgan fingerprint density at radius 3 is 2.86 bits per heavy atom. The number of carbonyl (C=O) groups is 1. The number of rotatable bonds is 2. The highest BCUT2D eigenvalue weighted by Crippen LogP contribution is 2.32. The number of ketones is 1. The van der Waals surface area contributed by atoms with Crippen molar-refractivity contribution in [3.63, 3.8) is 0 Å². The molecule has 5 heteroatoms. The fraction of sp³-hybridized carbons (Fsp3) is 0.235. The number of methoxy groups -OCH3 is 1. The molecular formula is C17H15N3O2. The summed E-state index contributed by atoms with van der Waals surface area (Å²) in [4.78, 5) is 16.7. The lowest BCUT2D eigenvalue weighted by Crippen LogP contribution is -2.14. The van der Waals surface area contributed by atoms with Crippen molar-refractivity contribution in [2.45, 2.75) is 19.3 Å². The first-order chi connectivity index (χ1) is 10.8. The third-order valence-corrected chi connectivity index (χ3v) is 4.09. The van der Waals surface area contributed by atoms with Gasteiger partial charge >= 0.3 is 0 Å². The highest BCUT2D eigenvalue weighted by Gasteiger charge is 2.21. The van der Waals surface area contributed by atoms with Crippen LogP contribution >= 0.6 is 0 Å². The number of para-hydroxylation sites is 1. The van der Waals surface area contributed by atoms with E-state index in [1.165, 1.54) is 0 Å². The number of Topliss-reactive ketones (excluding diaryl/α,β-unsaturated/α-hetero) is 1. The normalized spacial score (nSPS) is 14.1. The van der Waals surface area contributed by atoms with Gasteiger partial charge in [0.25, 0.3) is 0 Å². The van der Waals surface area contributed by atoms with E-state index in [1.807, 2.05) is 24.3 Å². The number of aryl methyl sites for hydroxylation is 1. The largest absolute Gasteiger partial charge is 0.496 e. The molecule has 0 N–H and O–H groups in total. The zero-order chi connectivity index (χ0) is 15.1. The summed E-state index contributed by atoms with van der Waals surface area (Å²) in [7, 11) is 1.65. The van der Waals surface area contributed by atoms with Crippen molar-refractivity contribution in [1.29, 1.82) is 0 Å². The van der Waals surface area contributed by atoms with Gasteiger partial charge in [-0.15, -0.1) is 0 Å². The van der Waals surface area contributed by atoms with Crippen molar-refractivity contribution >= 4 is 11.4 Å². The van der Waals surface area contributed by atoms with Crippen LogP contribution in [0.2, 0.25) is 0 Å². The van der Waals surface area contributed by atoms with Gasteiger partial charge in [-0.05, 0) is 18.9 Å². The Hall–Kier alpha value is -2.69. The number of hydrogen-bond donors (Lipinski definition) is 0. The number of aromatic nitrogens is 3. The Morgan fingerprint density at radius 2 is 2.00 bits per heavy atom. The third kappa shape index (κ3) is 1.89. The van der Waals surface area contributed by atoms with E-state index in [2.05, 4.69) is 5.10 Å². The Kier molecular flexibility index (Phi) is 2.92. The quantitative estimate of drug-likeness (QED) is 0.729. The van der Waals surface area contributed by atoms with E-state index in [4.69, 9.17) is 9.72 Å². The van der Waals surface area contributed by atoms with Crippen LogP contribution in [0.15, 0.2) is 36.7 Å². The molecule has 0 amide bonds. The molecule has 0 fully saturated rings. The molecule has 22 heavy (non-hydrogen) atoms. The summed E-state index contributed by atoms with van der Waals surface area (Å²) >= 11 is 0. The van der Waals surface area contributed by atoms with E-state index < -0.39 is 0 Å². The predicted molar refractivity (Wildman–Crippen MR) is 82.2 cm³/mol. The number of carbonyl (C=O) groups excluding carboxylic acids is 1. The Morgan fingerprint density at radius 1 is 1.14 bits per heavy atom. The molecule has 0 spiro atoms. The molecule has 0 atom stereocenters. The van der Waals surface area contributed by atoms with E-state index >= 15 is 0 Å². The fourth-order valence-electron chi connectivity index (χ4n) is 2.98. The second-order valence-corrected chi connectivity index (χ2v) is 5.40. The number of benzene rings is 1. The molecule has 0 aliphatic heterocycles. The summed E-state index contributed by atoms with van der Waals surface area (Å²) < 4.78 is 7.11. The number of fused-ring (bicyclic) bond motifs is 2. The smallest absolute Gasteiger partial charge is 0.166 e. The molecule has 5 nitrogen and oxygen atoms in total. The third-order valence-electron chi connectivity index (χ3n) is 4.09. The van der Waals surface area contributed by atoms with Gasteiger partial charge in [-0.2, -0.15) is 5.10 Å². The van der Waals surface area contributed by atoms with Gasteiger partial charge in [0.1, 0.15) is 5.75 Å². The minimum absolute atomic E-state index is 0.157. The van der Waals surface area contributed by atoms with E-state index in [0.717, 1.165) is 41.1 Å². The number of hydrogen-bond acceptors (Lipinski definition) is 4. The summed E-state index contributed by atoms with van der Waals surface area (Å²) in [6.45, 7) is 0. The fourth-order valence-corrected chi connectivity index (χ4v) is 2.98. The monoisotopic (exact) mass is 293 g/mol. The van der Waals surface area contributed by atoms with Gasteiger partial charge in [0.2, 0.25) is 0 Å². The zero-order valence-corrected chi connectivity index (χ0v) is 12.2. The summed E-state index contributed by atoms with van der Waals surface area (Å²) in [6, 6.07) is 7.80. The van der Waals surface area contributed by atoms with Crippen LogP contribution in [0.4, 0.5) is 0 Å². The minimum Gasteiger partial charge on any atom is -0.496 e. The molecule has 3 aromatic rings. The first-order valence-electron chi connectivity index (χ1n) is 7.32. The molecule has 0 bridgehead atoms. The second kappa shape index (κ2) is 4.94. The molecule has 0 unspecified atom stereocenters. The lowest BCUT2D eigenvalue weighted by atomic mass is 9.96. The van der Waals surface area contributed by atoms with Crippen LogP contribution in [0.1, 0.15) is 28.9 Å². The molecule has 1 aliphatic rings. The molecule has 4 rings (SSSR count). The summed E-state index contributed by atoms with van der Waals surface area (Å²) in [5, 5.41) is 4.36.